The molecule has 2 aliphatic carbocycles. The van der Waals surface area contributed by atoms with Gasteiger partial charge in [-0.3, -0.25) is 4.79 Å². The second-order valence-electron chi connectivity index (χ2n) is 7.19. The van der Waals surface area contributed by atoms with Gasteiger partial charge in [0.25, 0.3) is 5.56 Å². The monoisotopic (exact) mass is 358 g/mol. The Morgan fingerprint density at radius 1 is 1.28 bits per heavy atom. The van der Waals surface area contributed by atoms with Gasteiger partial charge in [-0.2, -0.15) is 0 Å². The van der Waals surface area contributed by atoms with Crippen LogP contribution >= 0.6 is 11.3 Å². The topological polar surface area (TPSA) is 72.0 Å². The molecule has 0 saturated heterocycles. The van der Waals surface area contributed by atoms with Gasteiger partial charge in [0.2, 0.25) is 0 Å². The van der Waals surface area contributed by atoms with Gasteiger partial charge >= 0.3 is 5.97 Å². The highest BCUT2D eigenvalue weighted by atomic mass is 32.1. The highest BCUT2D eigenvalue weighted by Crippen LogP contribution is 2.48. The molecule has 2 aromatic rings. The van der Waals surface area contributed by atoms with Crippen LogP contribution in [0.5, 0.6) is 0 Å². The van der Waals surface area contributed by atoms with Crippen molar-refractivity contribution in [2.24, 2.45) is 11.8 Å². The second-order valence-corrected chi connectivity index (χ2v) is 8.39. The van der Waals surface area contributed by atoms with Crippen LogP contribution in [0, 0.1) is 25.7 Å². The lowest BCUT2D eigenvalue weighted by Crippen LogP contribution is -2.16. The first-order valence-corrected chi connectivity index (χ1v) is 9.67. The number of fused-ring (bicyclic) bond motifs is 1. The number of rotatable bonds is 5. The maximum Gasteiger partial charge on any atom is 0.331 e. The van der Waals surface area contributed by atoms with E-state index in [1.54, 1.807) is 13.0 Å². The van der Waals surface area contributed by atoms with E-state index in [-0.39, 0.29) is 11.5 Å². The Morgan fingerprint density at radius 3 is 2.52 bits per heavy atom. The van der Waals surface area contributed by atoms with Crippen LogP contribution in [0.25, 0.3) is 10.2 Å². The number of carbonyl (C=O) groups is 1. The first-order chi connectivity index (χ1) is 11.9. The Bertz CT molecular complexity index is 918. The summed E-state index contributed by atoms with van der Waals surface area (Å²) in [5, 5.41) is 0.634. The zero-order valence-corrected chi connectivity index (χ0v) is 15.5. The molecule has 0 spiro atoms. The third-order valence-corrected chi connectivity index (χ3v) is 6.22. The Kier molecular flexibility index (Phi) is 4.02. The molecule has 2 heterocycles. The highest BCUT2D eigenvalue weighted by molar-refractivity contribution is 7.18. The van der Waals surface area contributed by atoms with Crippen LogP contribution in [-0.4, -0.2) is 15.9 Å². The number of nitrogens with zero attached hydrogens (tertiary/aromatic N) is 1. The number of allylic oxidation sites excluding steroid dienone is 1. The quantitative estimate of drug-likeness (QED) is 0.649. The van der Waals surface area contributed by atoms with E-state index in [1.165, 1.54) is 42.6 Å². The van der Waals surface area contributed by atoms with Gasteiger partial charge in [0.05, 0.1) is 5.39 Å². The Hall–Kier alpha value is -1.95. The van der Waals surface area contributed by atoms with Crippen LogP contribution in [-0.2, 0) is 9.53 Å². The first-order valence-electron chi connectivity index (χ1n) is 8.86. The molecular formula is C19H22N2O3S. The lowest BCUT2D eigenvalue weighted by Gasteiger charge is -2.12. The lowest BCUT2D eigenvalue weighted by atomic mass is 10.1. The molecule has 1 N–H and O–H groups in total. The van der Waals surface area contributed by atoms with Gasteiger partial charge in [0.1, 0.15) is 4.83 Å². The largest absolute Gasteiger partial charge is 0.451 e. The summed E-state index contributed by atoms with van der Waals surface area (Å²) in [6.45, 7) is 5.65. The number of aryl methyl sites for hydroxylation is 2. The van der Waals surface area contributed by atoms with Gasteiger partial charge in [-0.1, -0.05) is 5.57 Å². The minimum absolute atomic E-state index is 0.169. The number of nitrogens with one attached hydrogen (secondary N) is 1. The lowest BCUT2D eigenvalue weighted by molar-refractivity contribution is -0.142. The summed E-state index contributed by atoms with van der Waals surface area (Å²) in [6.07, 6.45) is 5.86. The van der Waals surface area contributed by atoms with Crippen molar-refractivity contribution in [2.45, 2.75) is 52.6 Å². The zero-order chi connectivity index (χ0) is 17.7. The van der Waals surface area contributed by atoms with Crippen molar-refractivity contribution in [1.29, 1.82) is 0 Å². The predicted molar refractivity (Wildman–Crippen MR) is 97.8 cm³/mol. The van der Waals surface area contributed by atoms with E-state index in [1.807, 2.05) is 13.8 Å². The fourth-order valence-corrected chi connectivity index (χ4v) is 4.30. The van der Waals surface area contributed by atoms with Crippen molar-refractivity contribution in [3.8, 4) is 0 Å². The Labute approximate surface area is 150 Å². The molecule has 132 valence electrons. The van der Waals surface area contributed by atoms with E-state index in [0.29, 0.717) is 27.9 Å². The van der Waals surface area contributed by atoms with Crippen LogP contribution in [0.2, 0.25) is 0 Å². The molecule has 2 aromatic heterocycles. The number of aromatic amines is 1. The van der Waals surface area contributed by atoms with Gasteiger partial charge in [-0.15, -0.1) is 11.3 Å². The standard InChI is InChI=1S/C19H22N2O3S/c1-9-11(3)25-19-16(9)18(23)20-17(21-19)10(2)24-15(22)8-14(12-4-5-12)13-6-7-13/h8,10,12-13H,4-7H2,1-3H3,(H,20,21,23)/t10-/m1/s1. The Balaban J connectivity index is 1.55. The molecule has 25 heavy (non-hydrogen) atoms. The molecule has 0 aliphatic heterocycles. The first kappa shape index (κ1) is 16.5. The SMILES string of the molecule is Cc1sc2nc([C@@H](C)OC(=O)C=C(C3CC3)C3CC3)[nH]c(=O)c2c1C. The number of carbonyl (C=O) groups excluding carboxylic acids is 1. The molecule has 0 unspecified atom stereocenters. The zero-order valence-electron chi connectivity index (χ0n) is 14.7. The van der Waals surface area contributed by atoms with E-state index >= 15 is 0 Å². The molecule has 0 amide bonds. The second kappa shape index (κ2) is 6.09. The summed E-state index contributed by atoms with van der Waals surface area (Å²) in [5.41, 5.74) is 2.06. The highest BCUT2D eigenvalue weighted by Gasteiger charge is 2.37. The summed E-state index contributed by atoms with van der Waals surface area (Å²) < 4.78 is 5.52. The van der Waals surface area contributed by atoms with Crippen LogP contribution in [0.1, 0.15) is 55.0 Å². The fraction of sp³-hybridized carbons (Fsp3) is 0.526. The van der Waals surface area contributed by atoms with Gasteiger partial charge in [0.15, 0.2) is 11.9 Å². The van der Waals surface area contributed by atoms with Crippen LogP contribution in [0.3, 0.4) is 0 Å². The van der Waals surface area contributed by atoms with Crippen molar-refractivity contribution in [3.63, 3.8) is 0 Å². The fourth-order valence-electron chi connectivity index (χ4n) is 3.27. The molecule has 0 radical (unpaired) electrons. The summed E-state index contributed by atoms with van der Waals surface area (Å²) in [6, 6.07) is 0. The molecule has 5 nitrogen and oxygen atoms in total. The molecule has 0 bridgehead atoms. The molecule has 2 fully saturated rings. The summed E-state index contributed by atoms with van der Waals surface area (Å²) in [4.78, 5) is 33.7. The number of hydrogen-bond donors (Lipinski definition) is 1. The summed E-state index contributed by atoms with van der Waals surface area (Å²) >= 11 is 1.49. The summed E-state index contributed by atoms with van der Waals surface area (Å²) in [7, 11) is 0. The van der Waals surface area contributed by atoms with Crippen LogP contribution in [0.15, 0.2) is 16.4 Å². The predicted octanol–water partition coefficient (Wildman–Crippen LogP) is 3.95. The number of hydrogen-bond acceptors (Lipinski definition) is 5. The van der Waals surface area contributed by atoms with E-state index in [4.69, 9.17) is 4.74 Å². The van der Waals surface area contributed by atoms with E-state index in [9.17, 15) is 9.59 Å². The van der Waals surface area contributed by atoms with E-state index in [0.717, 1.165) is 10.4 Å². The van der Waals surface area contributed by atoms with Gasteiger partial charge in [-0.05, 0) is 63.9 Å². The number of aromatic nitrogens is 2. The maximum atomic E-state index is 12.4. The minimum atomic E-state index is -0.580. The number of esters is 1. The molecular weight excluding hydrogens is 336 g/mol. The summed E-state index contributed by atoms with van der Waals surface area (Å²) in [5.74, 6) is 1.24. The number of thiophene rings is 1. The Morgan fingerprint density at radius 2 is 1.92 bits per heavy atom. The van der Waals surface area contributed by atoms with Crippen molar-refractivity contribution in [1.82, 2.24) is 9.97 Å². The van der Waals surface area contributed by atoms with Crippen LogP contribution < -0.4 is 5.56 Å². The normalized spacial score (nSPS) is 18.2. The average molecular weight is 358 g/mol. The van der Waals surface area contributed by atoms with Gasteiger partial charge in [-0.25, -0.2) is 9.78 Å². The van der Waals surface area contributed by atoms with Crippen LogP contribution in [0.4, 0.5) is 0 Å². The molecule has 2 saturated carbocycles. The van der Waals surface area contributed by atoms with Crippen molar-refractivity contribution in [3.05, 3.63) is 38.3 Å². The van der Waals surface area contributed by atoms with E-state index < -0.39 is 6.10 Å². The van der Waals surface area contributed by atoms with Gasteiger partial charge in [0, 0.05) is 11.0 Å². The molecule has 6 heteroatoms. The van der Waals surface area contributed by atoms with Crippen molar-refractivity contribution >= 4 is 27.5 Å². The molecule has 0 aromatic carbocycles. The third kappa shape index (κ3) is 3.27. The van der Waals surface area contributed by atoms with Gasteiger partial charge < -0.3 is 9.72 Å². The molecule has 4 rings (SSSR count). The third-order valence-electron chi connectivity index (χ3n) is 5.12. The van der Waals surface area contributed by atoms with E-state index in [2.05, 4.69) is 9.97 Å². The van der Waals surface area contributed by atoms with Crippen molar-refractivity contribution < 1.29 is 9.53 Å². The minimum Gasteiger partial charge on any atom is -0.451 e. The average Bonchev–Trinajstić information content (AvgIpc) is 3.45. The number of ether oxygens (including phenoxy) is 1. The smallest absolute Gasteiger partial charge is 0.331 e. The maximum absolute atomic E-state index is 12.4. The number of H-pyrrole nitrogens is 1. The van der Waals surface area contributed by atoms with Crippen molar-refractivity contribution in [2.75, 3.05) is 0 Å². The molecule has 1 atom stereocenters. The molecule has 2 aliphatic rings.